The maximum Gasteiger partial charge on any atom is 0.411 e. The number of nitrogens with two attached hydrogens (primary N) is 1. The van der Waals surface area contributed by atoms with Crippen LogP contribution < -0.4 is 5.73 Å². The molecule has 0 aliphatic heterocycles. The average Bonchev–Trinajstić information content (AvgIpc) is 1.96. The molecule has 0 aliphatic rings. The minimum absolute atomic E-state index is 0.0572. The van der Waals surface area contributed by atoms with Gasteiger partial charge in [-0.15, -0.1) is 0 Å². The lowest BCUT2D eigenvalue weighted by molar-refractivity contribution is -0.174. The van der Waals surface area contributed by atoms with Gasteiger partial charge in [0, 0.05) is 12.6 Å². The van der Waals surface area contributed by atoms with Crippen LogP contribution in [-0.2, 0) is 4.74 Å². The van der Waals surface area contributed by atoms with Gasteiger partial charge in [0.2, 0.25) is 0 Å². The molecule has 0 spiro atoms. The van der Waals surface area contributed by atoms with E-state index in [2.05, 4.69) is 4.74 Å². The Kier molecular flexibility index (Phi) is 5.24. The Labute approximate surface area is 69.9 Å². The Morgan fingerprint density at radius 2 is 2.00 bits per heavy atom. The third-order valence-electron chi connectivity index (χ3n) is 1.42. The molecule has 0 heterocycles. The van der Waals surface area contributed by atoms with Crippen LogP contribution in [0.4, 0.5) is 13.2 Å². The molecule has 0 radical (unpaired) electrons. The lowest BCUT2D eigenvalue weighted by atomic mass is 10.2. The Balaban J connectivity index is 3.22. The number of ether oxygens (including phenoxy) is 1. The molecule has 2 N–H and O–H groups in total. The lowest BCUT2D eigenvalue weighted by Crippen LogP contribution is -2.23. The number of alkyl halides is 3. The zero-order valence-electron chi connectivity index (χ0n) is 7.03. The summed E-state index contributed by atoms with van der Waals surface area (Å²) in [6.07, 6.45) is -2.99. The summed E-state index contributed by atoms with van der Waals surface area (Å²) in [5.41, 5.74) is 5.46. The second-order valence-electron chi connectivity index (χ2n) is 2.62. The van der Waals surface area contributed by atoms with Crippen LogP contribution in [0, 0.1) is 0 Å². The number of hydrogen-bond donors (Lipinski definition) is 1. The van der Waals surface area contributed by atoms with Crippen LogP contribution >= 0.6 is 0 Å². The van der Waals surface area contributed by atoms with Crippen LogP contribution in [0.2, 0.25) is 0 Å². The fourth-order valence-corrected chi connectivity index (χ4v) is 0.627. The van der Waals surface area contributed by atoms with E-state index in [1.807, 2.05) is 6.92 Å². The van der Waals surface area contributed by atoms with Gasteiger partial charge in [-0.3, -0.25) is 0 Å². The molecule has 0 saturated carbocycles. The first kappa shape index (κ1) is 11.7. The van der Waals surface area contributed by atoms with Crippen LogP contribution in [-0.4, -0.2) is 25.4 Å². The highest BCUT2D eigenvalue weighted by molar-refractivity contribution is 4.57. The molecule has 5 heteroatoms. The monoisotopic (exact) mass is 185 g/mol. The van der Waals surface area contributed by atoms with Crippen LogP contribution in [0.1, 0.15) is 19.8 Å². The Morgan fingerprint density at radius 3 is 2.42 bits per heavy atom. The van der Waals surface area contributed by atoms with Gasteiger partial charge in [0.25, 0.3) is 0 Å². The highest BCUT2D eigenvalue weighted by Gasteiger charge is 2.27. The maximum atomic E-state index is 11.5. The lowest BCUT2D eigenvalue weighted by Gasteiger charge is -2.10. The number of halogens is 3. The minimum atomic E-state index is -4.23. The van der Waals surface area contributed by atoms with Crippen molar-refractivity contribution in [2.45, 2.75) is 32.0 Å². The second kappa shape index (κ2) is 5.37. The SMILES string of the molecule is CCC(N)CCOCC(F)(F)F. The van der Waals surface area contributed by atoms with Crippen molar-refractivity contribution < 1.29 is 17.9 Å². The van der Waals surface area contributed by atoms with Crippen molar-refractivity contribution in [2.24, 2.45) is 5.73 Å². The summed E-state index contributed by atoms with van der Waals surface area (Å²) in [5.74, 6) is 0. The second-order valence-corrected chi connectivity index (χ2v) is 2.62. The molecule has 0 aromatic carbocycles. The van der Waals surface area contributed by atoms with E-state index in [1.54, 1.807) is 0 Å². The molecular formula is C7H14F3NO. The van der Waals surface area contributed by atoms with Crippen molar-refractivity contribution in [1.29, 1.82) is 0 Å². The van der Waals surface area contributed by atoms with Gasteiger partial charge in [-0.2, -0.15) is 13.2 Å². The zero-order chi connectivity index (χ0) is 9.61. The first-order chi connectivity index (χ1) is 5.45. The number of hydrogen-bond acceptors (Lipinski definition) is 2. The third kappa shape index (κ3) is 7.81. The van der Waals surface area contributed by atoms with Crippen molar-refractivity contribution in [1.82, 2.24) is 0 Å². The van der Waals surface area contributed by atoms with E-state index in [1.165, 1.54) is 0 Å². The Hall–Kier alpha value is -0.290. The molecule has 0 bridgehead atoms. The van der Waals surface area contributed by atoms with Crippen LogP contribution in [0.5, 0.6) is 0 Å². The average molecular weight is 185 g/mol. The summed E-state index contributed by atoms with van der Waals surface area (Å²) in [6.45, 7) is 0.784. The summed E-state index contributed by atoms with van der Waals surface area (Å²) < 4.78 is 38.9. The molecular weight excluding hydrogens is 171 g/mol. The largest absolute Gasteiger partial charge is 0.411 e. The van der Waals surface area contributed by atoms with Crippen LogP contribution in [0.15, 0.2) is 0 Å². The molecule has 0 rings (SSSR count). The normalized spacial score (nSPS) is 14.8. The molecule has 1 unspecified atom stereocenters. The topological polar surface area (TPSA) is 35.2 Å². The standard InChI is InChI=1S/C7H14F3NO/c1-2-6(11)3-4-12-5-7(8,9)10/h6H,2-5,11H2,1H3. The van der Waals surface area contributed by atoms with E-state index in [0.29, 0.717) is 6.42 Å². The van der Waals surface area contributed by atoms with Gasteiger partial charge in [0.05, 0.1) is 0 Å². The Bertz CT molecular complexity index is 116. The Morgan fingerprint density at radius 1 is 1.42 bits per heavy atom. The van der Waals surface area contributed by atoms with E-state index in [9.17, 15) is 13.2 Å². The van der Waals surface area contributed by atoms with Gasteiger partial charge in [0.1, 0.15) is 6.61 Å². The fourth-order valence-electron chi connectivity index (χ4n) is 0.627. The molecule has 0 saturated heterocycles. The van der Waals surface area contributed by atoms with Gasteiger partial charge in [0.15, 0.2) is 0 Å². The molecule has 0 aromatic rings. The molecule has 1 atom stereocenters. The summed E-state index contributed by atoms with van der Waals surface area (Å²) in [5, 5.41) is 0. The molecule has 2 nitrogen and oxygen atoms in total. The third-order valence-corrected chi connectivity index (χ3v) is 1.42. The predicted octanol–water partition coefficient (Wildman–Crippen LogP) is 1.69. The summed E-state index contributed by atoms with van der Waals surface area (Å²) in [4.78, 5) is 0. The summed E-state index contributed by atoms with van der Waals surface area (Å²) >= 11 is 0. The first-order valence-corrected chi connectivity index (χ1v) is 3.85. The molecule has 0 amide bonds. The summed E-state index contributed by atoms with van der Waals surface area (Å²) in [6, 6.07) is -0.0572. The highest BCUT2D eigenvalue weighted by Crippen LogP contribution is 2.14. The molecule has 0 aliphatic carbocycles. The van der Waals surface area contributed by atoms with Crippen molar-refractivity contribution in [2.75, 3.05) is 13.2 Å². The van der Waals surface area contributed by atoms with Crippen LogP contribution in [0.25, 0.3) is 0 Å². The van der Waals surface area contributed by atoms with E-state index in [4.69, 9.17) is 5.73 Å². The molecule has 0 aromatic heterocycles. The van der Waals surface area contributed by atoms with Gasteiger partial charge in [-0.05, 0) is 12.8 Å². The predicted molar refractivity (Wildman–Crippen MR) is 39.8 cm³/mol. The van der Waals surface area contributed by atoms with Gasteiger partial charge in [-0.1, -0.05) is 6.92 Å². The fraction of sp³-hybridized carbons (Fsp3) is 1.00. The number of rotatable bonds is 5. The van der Waals surface area contributed by atoms with Crippen molar-refractivity contribution >= 4 is 0 Å². The van der Waals surface area contributed by atoms with Crippen LogP contribution in [0.3, 0.4) is 0 Å². The van der Waals surface area contributed by atoms with Crippen molar-refractivity contribution in [3.05, 3.63) is 0 Å². The van der Waals surface area contributed by atoms with E-state index in [0.717, 1.165) is 6.42 Å². The zero-order valence-corrected chi connectivity index (χ0v) is 7.03. The maximum absolute atomic E-state index is 11.5. The van der Waals surface area contributed by atoms with Crippen molar-refractivity contribution in [3.8, 4) is 0 Å². The van der Waals surface area contributed by atoms with Gasteiger partial charge >= 0.3 is 6.18 Å². The van der Waals surface area contributed by atoms with E-state index in [-0.39, 0.29) is 12.6 Å². The first-order valence-electron chi connectivity index (χ1n) is 3.85. The molecule has 0 fully saturated rings. The van der Waals surface area contributed by atoms with Crippen molar-refractivity contribution in [3.63, 3.8) is 0 Å². The van der Waals surface area contributed by atoms with E-state index >= 15 is 0 Å². The van der Waals surface area contributed by atoms with Gasteiger partial charge < -0.3 is 10.5 Å². The van der Waals surface area contributed by atoms with E-state index < -0.39 is 12.8 Å². The smallest absolute Gasteiger partial charge is 0.372 e. The molecule has 12 heavy (non-hydrogen) atoms. The summed E-state index contributed by atoms with van der Waals surface area (Å²) in [7, 11) is 0. The minimum Gasteiger partial charge on any atom is -0.372 e. The quantitative estimate of drug-likeness (QED) is 0.661. The van der Waals surface area contributed by atoms with Gasteiger partial charge in [-0.25, -0.2) is 0 Å². The highest BCUT2D eigenvalue weighted by atomic mass is 19.4. The molecule has 74 valence electrons.